The van der Waals surface area contributed by atoms with E-state index in [-0.39, 0.29) is 6.15 Å². The Morgan fingerprint density at radius 2 is 1.00 bits per heavy atom. The van der Waals surface area contributed by atoms with Crippen molar-refractivity contribution in [2.45, 2.75) is 0 Å². The number of nitrogens with zero attached hydrogens (tertiary/aromatic N) is 1. The van der Waals surface area contributed by atoms with E-state index in [2.05, 4.69) is 48.4 Å². The van der Waals surface area contributed by atoms with Crippen LogP contribution in [0.5, 0.6) is 0 Å². The Morgan fingerprint density at radius 1 is 1.00 bits per heavy atom. The first-order chi connectivity index (χ1) is 1.73. The fraction of sp³-hybridized carbons (Fsp3) is 0. The van der Waals surface area contributed by atoms with E-state index >= 15 is 0 Å². The molecule has 34 valence electrons. The molecule has 0 saturated carbocycles. The van der Waals surface area contributed by atoms with Gasteiger partial charge in [-0.25, -0.2) is 0 Å². The number of hydrogen-bond acceptors (Lipinski definition) is 2. The summed E-state index contributed by atoms with van der Waals surface area (Å²) >= 11 is 8.81. The number of hydrogen-bond donors (Lipinski definition) is 1. The smallest absolute Gasteiger partial charge is 0.0364 e. The van der Waals surface area contributed by atoms with Crippen LogP contribution >= 0.6 is 48.4 Å². The van der Waals surface area contributed by atoms with Crippen LogP contribution in [0.4, 0.5) is 0 Å². The van der Waals surface area contributed by atoms with Crippen molar-refractivity contribution in [3.8, 4) is 0 Å². The summed E-state index contributed by atoms with van der Waals surface area (Å²) in [6.07, 6.45) is 0. The van der Waals surface area contributed by atoms with Crippen molar-refractivity contribution in [2.24, 2.45) is 0 Å². The van der Waals surface area contributed by atoms with Crippen LogP contribution in [0.2, 0.25) is 0 Å². The van der Waals surface area contributed by atoms with Crippen molar-refractivity contribution in [1.29, 1.82) is 0 Å². The van der Waals surface area contributed by atoms with Crippen molar-refractivity contribution in [2.75, 3.05) is 0 Å². The van der Waals surface area contributed by atoms with E-state index in [1.165, 1.54) is 1.98 Å². The second kappa shape index (κ2) is 5.36. The van der Waals surface area contributed by atoms with Gasteiger partial charge < -0.3 is 6.15 Å². The lowest BCUT2D eigenvalue weighted by Gasteiger charge is -1.77. The van der Waals surface area contributed by atoms with Crippen LogP contribution < -0.4 is 6.15 Å². The summed E-state index contributed by atoms with van der Waals surface area (Å²) in [6.45, 7) is 0. The van der Waals surface area contributed by atoms with Crippen LogP contribution in [-0.2, 0) is 0 Å². The van der Waals surface area contributed by atoms with Crippen molar-refractivity contribution in [1.82, 2.24) is 8.13 Å². The van der Waals surface area contributed by atoms with Crippen LogP contribution in [0, 0.1) is 0 Å². The van der Waals surface area contributed by atoms with E-state index in [1.54, 1.807) is 0 Å². The largest absolute Gasteiger partial charge is 0.344 e. The van der Waals surface area contributed by atoms with Gasteiger partial charge in [0.2, 0.25) is 0 Å². The minimum absolute atomic E-state index is 0. The van der Waals surface area contributed by atoms with Gasteiger partial charge in [-0.3, -0.25) is 0 Å². The Labute approximate surface area is 56.5 Å². The molecule has 0 heterocycles. The predicted octanol–water partition coefficient (Wildman–Crippen LogP) is 2.38. The first kappa shape index (κ1) is 9.61. The molecule has 0 radical (unpaired) electrons. The number of halogens is 3. The molecule has 5 heavy (non-hydrogen) atoms. The van der Waals surface area contributed by atoms with Gasteiger partial charge in [0.25, 0.3) is 0 Å². The molecule has 0 saturated heterocycles. The highest BCUT2D eigenvalue weighted by molar-refractivity contribution is 9.33. The maximum Gasteiger partial charge on any atom is 0.0364 e. The predicted molar refractivity (Wildman–Crippen MR) is 33.6 cm³/mol. The van der Waals surface area contributed by atoms with Crippen molar-refractivity contribution in [3.63, 3.8) is 0 Å². The van der Waals surface area contributed by atoms with E-state index in [4.69, 9.17) is 0 Å². The van der Waals surface area contributed by atoms with Gasteiger partial charge in [-0.2, -0.15) is 0 Å². The molecule has 3 N–H and O–H groups in total. The summed E-state index contributed by atoms with van der Waals surface area (Å²) in [5.41, 5.74) is 0. The lowest BCUT2D eigenvalue weighted by molar-refractivity contribution is 1.44. The molecule has 0 aliphatic heterocycles. The average Bonchev–Trinajstić information content (AvgIpc) is 0.811. The van der Waals surface area contributed by atoms with Gasteiger partial charge in [0, 0.05) is 48.4 Å². The molecule has 0 bridgehead atoms. The molecule has 2 nitrogen and oxygen atoms in total. The molecular formula is H3Br3N2. The van der Waals surface area contributed by atoms with Gasteiger partial charge in [0.05, 0.1) is 0 Å². The lowest BCUT2D eigenvalue weighted by atomic mass is 14.0. The van der Waals surface area contributed by atoms with E-state index in [0.717, 1.165) is 0 Å². The third-order valence-corrected chi connectivity index (χ3v) is 0. The van der Waals surface area contributed by atoms with Gasteiger partial charge in [0.15, 0.2) is 0 Å². The van der Waals surface area contributed by atoms with E-state index < -0.39 is 0 Å². The van der Waals surface area contributed by atoms with Gasteiger partial charge in [-0.1, -0.05) is 0 Å². The van der Waals surface area contributed by atoms with E-state index in [0.29, 0.717) is 0 Å². The zero-order chi connectivity index (χ0) is 3.58. The average molecular weight is 271 g/mol. The van der Waals surface area contributed by atoms with E-state index in [9.17, 15) is 0 Å². The quantitative estimate of drug-likeness (QED) is 0.687. The van der Waals surface area contributed by atoms with E-state index in [1.807, 2.05) is 0 Å². The third-order valence-electron chi connectivity index (χ3n) is 0. The minimum atomic E-state index is 0. The zero-order valence-corrected chi connectivity index (χ0v) is 7.05. The fourth-order valence-electron chi connectivity index (χ4n) is 0. The molecule has 0 aromatic heterocycles. The maximum absolute atomic E-state index is 2.94. The second-order valence-corrected chi connectivity index (χ2v) is 5.17. The molecule has 0 amide bonds. The Bertz CT molecular complexity index is 9.61. The van der Waals surface area contributed by atoms with Crippen LogP contribution in [-0.4, -0.2) is 1.98 Å². The van der Waals surface area contributed by atoms with Crippen LogP contribution in [0.1, 0.15) is 0 Å². The first-order valence-corrected chi connectivity index (χ1v) is 2.63. The summed E-state index contributed by atoms with van der Waals surface area (Å²) < 4.78 is 1.44. The number of rotatable bonds is 0. The molecular weight excluding hydrogens is 268 g/mol. The Balaban J connectivity index is 0. The summed E-state index contributed by atoms with van der Waals surface area (Å²) in [7, 11) is 0. The van der Waals surface area contributed by atoms with Gasteiger partial charge in [0.1, 0.15) is 0 Å². The summed E-state index contributed by atoms with van der Waals surface area (Å²) in [4.78, 5) is 0. The van der Waals surface area contributed by atoms with Crippen LogP contribution in [0.3, 0.4) is 0 Å². The van der Waals surface area contributed by atoms with Crippen molar-refractivity contribution in [3.05, 3.63) is 0 Å². The molecule has 0 aromatic rings. The van der Waals surface area contributed by atoms with Crippen molar-refractivity contribution < 1.29 is 0 Å². The fourth-order valence-corrected chi connectivity index (χ4v) is 0. The highest BCUT2D eigenvalue weighted by atomic mass is 80.0. The van der Waals surface area contributed by atoms with Gasteiger partial charge in [-0.15, -0.1) is 1.98 Å². The molecule has 0 aliphatic carbocycles. The third kappa shape index (κ3) is 32.7. The Morgan fingerprint density at radius 3 is 1.00 bits per heavy atom. The molecule has 0 rings (SSSR count). The second-order valence-electron chi connectivity index (χ2n) is 0.192. The summed E-state index contributed by atoms with van der Waals surface area (Å²) in [6, 6.07) is 0. The molecule has 5 heteroatoms. The Kier molecular flexibility index (Phi) is 10.3. The lowest BCUT2D eigenvalue weighted by Crippen LogP contribution is -1.56. The highest BCUT2D eigenvalue weighted by Crippen LogP contribution is 2.09. The Hall–Kier alpha value is 1.36. The molecule has 0 aliphatic rings. The first-order valence-electron chi connectivity index (χ1n) is 0.507. The molecule has 0 spiro atoms. The summed E-state index contributed by atoms with van der Waals surface area (Å²) in [5.74, 6) is 0. The zero-order valence-electron chi connectivity index (χ0n) is 2.29. The topological polar surface area (TPSA) is 38.2 Å². The summed E-state index contributed by atoms with van der Waals surface area (Å²) in [5, 5.41) is 0. The van der Waals surface area contributed by atoms with Crippen LogP contribution in [0.15, 0.2) is 0 Å². The maximum atomic E-state index is 2.94. The highest BCUT2D eigenvalue weighted by Gasteiger charge is 1.70. The SMILES string of the molecule is BrN(Br)Br.N. The molecule has 0 unspecified atom stereocenters. The normalized spacial score (nSPS) is 7.20. The molecule has 0 aromatic carbocycles. The van der Waals surface area contributed by atoms with Crippen molar-refractivity contribution >= 4 is 48.4 Å². The standard InChI is InChI=1S/Br3N.H3N/c1-4(2)3;/h;1H3. The van der Waals surface area contributed by atoms with Gasteiger partial charge in [-0.05, 0) is 0 Å². The van der Waals surface area contributed by atoms with Gasteiger partial charge >= 0.3 is 0 Å². The molecule has 0 fully saturated rings. The minimum Gasteiger partial charge on any atom is -0.344 e. The monoisotopic (exact) mass is 268 g/mol. The van der Waals surface area contributed by atoms with Crippen LogP contribution in [0.25, 0.3) is 0 Å². The molecule has 0 atom stereocenters.